The van der Waals surface area contributed by atoms with Crippen LogP contribution in [-0.2, 0) is 0 Å². The first kappa shape index (κ1) is 9.43. The number of halogens is 1. The normalized spacial score (nSPS) is 18.2. The van der Waals surface area contributed by atoms with Crippen molar-refractivity contribution >= 4 is 22.6 Å². The summed E-state index contributed by atoms with van der Waals surface area (Å²) in [5, 5.41) is 8.70. The molecule has 0 saturated heterocycles. The molecule has 0 amide bonds. The Morgan fingerprint density at radius 1 is 1.56 bits per heavy atom. The Hall–Kier alpha value is 0.430. The third-order valence-electron chi connectivity index (χ3n) is 1.56. The summed E-state index contributed by atoms with van der Waals surface area (Å²) in [5.74, 6) is 0.878. The number of hydrogen-bond acceptors (Lipinski definition) is 1. The molecule has 0 aliphatic carbocycles. The van der Waals surface area contributed by atoms with Crippen molar-refractivity contribution in [1.82, 2.24) is 0 Å². The van der Waals surface area contributed by atoms with Crippen LogP contribution in [0.1, 0.15) is 13.8 Å². The van der Waals surface area contributed by atoms with Gasteiger partial charge in [0, 0.05) is 6.61 Å². The standard InChI is InChI=1S/C7H13IO/c1-6(3-4-8)7(2)5-9/h3-4,6-7,9H,5H2,1-2H3/b4-3-/t6-,7+/m1/s1. The van der Waals surface area contributed by atoms with Crippen LogP contribution in [0.15, 0.2) is 10.2 Å². The van der Waals surface area contributed by atoms with Gasteiger partial charge in [0.15, 0.2) is 0 Å². The van der Waals surface area contributed by atoms with E-state index < -0.39 is 0 Å². The summed E-state index contributed by atoms with van der Waals surface area (Å²) in [5.41, 5.74) is 0. The topological polar surface area (TPSA) is 20.2 Å². The molecule has 0 aliphatic rings. The Balaban J connectivity index is 3.58. The van der Waals surface area contributed by atoms with Gasteiger partial charge in [-0.1, -0.05) is 42.5 Å². The molecular weight excluding hydrogens is 227 g/mol. The zero-order chi connectivity index (χ0) is 7.28. The summed E-state index contributed by atoms with van der Waals surface area (Å²) < 4.78 is 1.99. The Bertz CT molecular complexity index is 90.9. The van der Waals surface area contributed by atoms with Gasteiger partial charge in [-0.3, -0.25) is 0 Å². The number of hydrogen-bond donors (Lipinski definition) is 1. The van der Waals surface area contributed by atoms with Gasteiger partial charge in [0.05, 0.1) is 0 Å². The predicted octanol–water partition coefficient (Wildman–Crippen LogP) is 2.20. The highest BCUT2D eigenvalue weighted by Gasteiger charge is 2.05. The first-order valence-electron chi connectivity index (χ1n) is 3.10. The van der Waals surface area contributed by atoms with Gasteiger partial charge in [-0.2, -0.15) is 0 Å². The van der Waals surface area contributed by atoms with Gasteiger partial charge in [0.25, 0.3) is 0 Å². The van der Waals surface area contributed by atoms with E-state index in [-0.39, 0.29) is 6.61 Å². The minimum Gasteiger partial charge on any atom is -0.396 e. The molecule has 0 aromatic heterocycles. The van der Waals surface area contributed by atoms with Crippen LogP contribution in [0.5, 0.6) is 0 Å². The van der Waals surface area contributed by atoms with Crippen molar-refractivity contribution in [3.05, 3.63) is 10.2 Å². The lowest BCUT2D eigenvalue weighted by molar-refractivity contribution is 0.213. The van der Waals surface area contributed by atoms with Crippen LogP contribution in [0.4, 0.5) is 0 Å². The second-order valence-corrected chi connectivity index (χ2v) is 3.06. The molecule has 0 fully saturated rings. The molecule has 2 heteroatoms. The third-order valence-corrected chi connectivity index (χ3v) is 1.98. The van der Waals surface area contributed by atoms with E-state index in [2.05, 4.69) is 35.6 Å². The molecule has 0 radical (unpaired) electrons. The maximum atomic E-state index is 8.70. The zero-order valence-corrected chi connectivity index (χ0v) is 8.00. The van der Waals surface area contributed by atoms with Crippen LogP contribution in [0.3, 0.4) is 0 Å². The van der Waals surface area contributed by atoms with Gasteiger partial charge >= 0.3 is 0 Å². The molecule has 0 unspecified atom stereocenters. The SMILES string of the molecule is C[C@H](/C=C\I)[C@@H](C)CO. The van der Waals surface area contributed by atoms with Gasteiger partial charge in [-0.15, -0.1) is 0 Å². The molecule has 9 heavy (non-hydrogen) atoms. The lowest BCUT2D eigenvalue weighted by atomic mass is 9.97. The quantitative estimate of drug-likeness (QED) is 0.750. The van der Waals surface area contributed by atoms with Crippen LogP contribution >= 0.6 is 22.6 Å². The number of allylic oxidation sites excluding steroid dienone is 1. The lowest BCUT2D eigenvalue weighted by Crippen LogP contribution is -2.08. The van der Waals surface area contributed by atoms with Crippen molar-refractivity contribution in [2.75, 3.05) is 6.61 Å². The summed E-state index contributed by atoms with van der Waals surface area (Å²) in [6.07, 6.45) is 2.10. The molecule has 1 nitrogen and oxygen atoms in total. The van der Waals surface area contributed by atoms with Crippen LogP contribution in [0, 0.1) is 11.8 Å². The molecule has 0 spiro atoms. The molecule has 2 atom stereocenters. The first-order valence-corrected chi connectivity index (χ1v) is 4.34. The van der Waals surface area contributed by atoms with E-state index in [0.29, 0.717) is 11.8 Å². The fraction of sp³-hybridized carbons (Fsp3) is 0.714. The van der Waals surface area contributed by atoms with E-state index in [1.807, 2.05) is 11.0 Å². The summed E-state index contributed by atoms with van der Waals surface area (Å²) in [6.45, 7) is 4.43. The predicted molar refractivity (Wildman–Crippen MR) is 48.6 cm³/mol. The molecule has 0 aliphatic heterocycles. The second-order valence-electron chi connectivity index (χ2n) is 2.34. The average Bonchev–Trinajstić information content (AvgIpc) is 1.87. The van der Waals surface area contributed by atoms with E-state index >= 15 is 0 Å². The summed E-state index contributed by atoms with van der Waals surface area (Å²) in [4.78, 5) is 0. The monoisotopic (exact) mass is 240 g/mol. The van der Waals surface area contributed by atoms with Gasteiger partial charge < -0.3 is 5.11 Å². The van der Waals surface area contributed by atoms with Gasteiger partial charge in [0.1, 0.15) is 0 Å². The van der Waals surface area contributed by atoms with E-state index in [0.717, 1.165) is 0 Å². The van der Waals surface area contributed by atoms with Crippen molar-refractivity contribution < 1.29 is 5.11 Å². The molecule has 0 rings (SSSR count). The Kier molecular flexibility index (Phi) is 5.48. The van der Waals surface area contributed by atoms with Crippen molar-refractivity contribution in [3.8, 4) is 0 Å². The Morgan fingerprint density at radius 2 is 2.11 bits per heavy atom. The highest BCUT2D eigenvalue weighted by Crippen LogP contribution is 2.11. The zero-order valence-electron chi connectivity index (χ0n) is 5.84. The van der Waals surface area contributed by atoms with Crippen molar-refractivity contribution in [1.29, 1.82) is 0 Å². The molecule has 0 saturated carbocycles. The van der Waals surface area contributed by atoms with Crippen LogP contribution in [0.2, 0.25) is 0 Å². The number of aliphatic hydroxyl groups is 1. The maximum Gasteiger partial charge on any atom is 0.0462 e. The number of rotatable bonds is 3. The summed E-state index contributed by atoms with van der Waals surface area (Å²) in [7, 11) is 0. The van der Waals surface area contributed by atoms with Crippen molar-refractivity contribution in [2.45, 2.75) is 13.8 Å². The minimum atomic E-state index is 0.280. The minimum absolute atomic E-state index is 0.280. The van der Waals surface area contributed by atoms with Crippen molar-refractivity contribution in [2.24, 2.45) is 11.8 Å². The number of aliphatic hydroxyl groups excluding tert-OH is 1. The van der Waals surface area contributed by atoms with Crippen LogP contribution in [-0.4, -0.2) is 11.7 Å². The average molecular weight is 240 g/mol. The molecular formula is C7H13IO. The van der Waals surface area contributed by atoms with E-state index in [1.54, 1.807) is 0 Å². The summed E-state index contributed by atoms with van der Waals surface area (Å²) >= 11 is 2.19. The fourth-order valence-corrected chi connectivity index (χ4v) is 1.13. The van der Waals surface area contributed by atoms with Crippen LogP contribution in [0.25, 0.3) is 0 Å². The lowest BCUT2D eigenvalue weighted by Gasteiger charge is -2.11. The van der Waals surface area contributed by atoms with E-state index in [9.17, 15) is 0 Å². The van der Waals surface area contributed by atoms with Gasteiger partial charge in [-0.05, 0) is 15.9 Å². The molecule has 0 heterocycles. The molecule has 54 valence electrons. The second kappa shape index (κ2) is 5.23. The molecule has 0 bridgehead atoms. The van der Waals surface area contributed by atoms with Crippen LogP contribution < -0.4 is 0 Å². The molecule has 0 aromatic rings. The highest BCUT2D eigenvalue weighted by molar-refractivity contribution is 14.1. The molecule has 0 aromatic carbocycles. The van der Waals surface area contributed by atoms with Gasteiger partial charge in [-0.25, -0.2) is 0 Å². The molecule has 1 N–H and O–H groups in total. The van der Waals surface area contributed by atoms with E-state index in [1.165, 1.54) is 0 Å². The first-order chi connectivity index (χ1) is 4.22. The Morgan fingerprint density at radius 3 is 2.44 bits per heavy atom. The fourth-order valence-electron chi connectivity index (χ4n) is 0.471. The third kappa shape index (κ3) is 3.92. The van der Waals surface area contributed by atoms with E-state index in [4.69, 9.17) is 5.11 Å². The van der Waals surface area contributed by atoms with Crippen molar-refractivity contribution in [3.63, 3.8) is 0 Å². The van der Waals surface area contributed by atoms with Gasteiger partial charge in [0.2, 0.25) is 0 Å². The summed E-state index contributed by atoms with van der Waals surface area (Å²) in [6, 6.07) is 0. The highest BCUT2D eigenvalue weighted by atomic mass is 127. The Labute approximate surface area is 70.3 Å². The smallest absolute Gasteiger partial charge is 0.0462 e. The maximum absolute atomic E-state index is 8.70. The largest absolute Gasteiger partial charge is 0.396 e.